The zero-order valence-corrected chi connectivity index (χ0v) is 12.4. The van der Waals surface area contributed by atoms with Gasteiger partial charge in [-0.25, -0.2) is 0 Å². The number of amides is 1. The maximum atomic E-state index is 12.3. The van der Waals surface area contributed by atoms with Gasteiger partial charge >= 0.3 is 0 Å². The first-order chi connectivity index (χ1) is 9.60. The van der Waals surface area contributed by atoms with E-state index in [0.717, 1.165) is 24.7 Å². The van der Waals surface area contributed by atoms with Crippen LogP contribution in [-0.2, 0) is 4.79 Å². The minimum Gasteiger partial charge on any atom is -0.399 e. The van der Waals surface area contributed by atoms with Gasteiger partial charge in [0.05, 0.1) is 6.04 Å². The van der Waals surface area contributed by atoms with Crippen LogP contribution >= 0.6 is 0 Å². The molecule has 1 saturated carbocycles. The molecular formula is C16H25N3O. The smallest absolute Gasteiger partial charge is 0.241 e. The third-order valence-electron chi connectivity index (χ3n) is 4.23. The van der Waals surface area contributed by atoms with Gasteiger partial charge in [0, 0.05) is 17.9 Å². The molecule has 2 rings (SSSR count). The van der Waals surface area contributed by atoms with Crippen molar-refractivity contribution in [3.8, 4) is 0 Å². The Labute approximate surface area is 121 Å². The highest BCUT2D eigenvalue weighted by Crippen LogP contribution is 2.27. The number of nitrogens with one attached hydrogen (secondary N) is 1. The van der Waals surface area contributed by atoms with E-state index in [9.17, 15) is 4.79 Å². The molecule has 0 aromatic heterocycles. The third-order valence-corrected chi connectivity index (χ3v) is 4.23. The van der Waals surface area contributed by atoms with Gasteiger partial charge in [-0.15, -0.1) is 0 Å². The van der Waals surface area contributed by atoms with Gasteiger partial charge in [-0.3, -0.25) is 9.69 Å². The van der Waals surface area contributed by atoms with E-state index < -0.39 is 0 Å². The van der Waals surface area contributed by atoms with Crippen LogP contribution in [0.2, 0.25) is 0 Å². The molecule has 1 aromatic carbocycles. The number of anilines is 2. The van der Waals surface area contributed by atoms with Gasteiger partial charge in [-0.2, -0.15) is 0 Å². The van der Waals surface area contributed by atoms with Crippen LogP contribution in [-0.4, -0.2) is 29.9 Å². The molecule has 1 amide bonds. The molecule has 1 aromatic rings. The lowest BCUT2D eigenvalue weighted by molar-refractivity contribution is -0.121. The monoisotopic (exact) mass is 275 g/mol. The van der Waals surface area contributed by atoms with E-state index in [1.807, 2.05) is 19.1 Å². The first kappa shape index (κ1) is 14.9. The number of rotatable bonds is 6. The lowest BCUT2D eigenvalue weighted by Crippen LogP contribution is -2.45. The number of likely N-dealkylation sites (N-methyl/N-ethyl adjacent to an activating group) is 1. The van der Waals surface area contributed by atoms with Gasteiger partial charge in [0.1, 0.15) is 0 Å². The van der Waals surface area contributed by atoms with Crippen molar-refractivity contribution in [2.24, 2.45) is 5.92 Å². The summed E-state index contributed by atoms with van der Waals surface area (Å²) in [5.74, 6) is 0.831. The van der Waals surface area contributed by atoms with Crippen LogP contribution in [0.3, 0.4) is 0 Å². The maximum Gasteiger partial charge on any atom is 0.241 e. The van der Waals surface area contributed by atoms with Gasteiger partial charge in [-0.1, -0.05) is 13.3 Å². The lowest BCUT2D eigenvalue weighted by Gasteiger charge is -2.34. The summed E-state index contributed by atoms with van der Waals surface area (Å²) in [5.41, 5.74) is 7.15. The van der Waals surface area contributed by atoms with Crippen LogP contribution in [0.4, 0.5) is 11.4 Å². The van der Waals surface area contributed by atoms with E-state index >= 15 is 0 Å². The molecule has 1 aliphatic carbocycles. The van der Waals surface area contributed by atoms with Crippen LogP contribution in [0, 0.1) is 5.92 Å². The SMILES string of the molecule is CCN(CC1CCC1)C(C)C(=O)Nc1ccc(N)cc1. The van der Waals surface area contributed by atoms with Gasteiger partial charge in [0.2, 0.25) is 5.91 Å². The second kappa shape index (κ2) is 6.75. The summed E-state index contributed by atoms with van der Waals surface area (Å²) >= 11 is 0. The van der Waals surface area contributed by atoms with E-state index in [1.165, 1.54) is 19.3 Å². The predicted octanol–water partition coefficient (Wildman–Crippen LogP) is 2.72. The average molecular weight is 275 g/mol. The number of carbonyl (C=O) groups is 1. The number of nitrogens with two attached hydrogens (primary N) is 1. The first-order valence-corrected chi connectivity index (χ1v) is 7.50. The van der Waals surface area contributed by atoms with Crippen LogP contribution in [0.25, 0.3) is 0 Å². The van der Waals surface area contributed by atoms with Crippen molar-refractivity contribution < 1.29 is 4.79 Å². The van der Waals surface area contributed by atoms with Crippen LogP contribution in [0.1, 0.15) is 33.1 Å². The molecule has 0 spiro atoms. The average Bonchev–Trinajstić information content (AvgIpc) is 2.40. The fraction of sp³-hybridized carbons (Fsp3) is 0.562. The molecule has 0 heterocycles. The van der Waals surface area contributed by atoms with Crippen molar-refractivity contribution >= 4 is 17.3 Å². The highest BCUT2D eigenvalue weighted by molar-refractivity contribution is 5.94. The molecule has 0 radical (unpaired) electrons. The van der Waals surface area contributed by atoms with E-state index in [4.69, 9.17) is 5.73 Å². The summed E-state index contributed by atoms with van der Waals surface area (Å²) in [6.07, 6.45) is 3.96. The summed E-state index contributed by atoms with van der Waals surface area (Å²) in [4.78, 5) is 14.6. The molecule has 1 atom stereocenters. The Morgan fingerprint density at radius 2 is 2.05 bits per heavy atom. The molecule has 1 aliphatic rings. The number of carbonyl (C=O) groups excluding carboxylic acids is 1. The van der Waals surface area contributed by atoms with Gasteiger partial charge in [-0.05, 0) is 56.5 Å². The predicted molar refractivity (Wildman–Crippen MR) is 83.5 cm³/mol. The largest absolute Gasteiger partial charge is 0.399 e. The Bertz CT molecular complexity index is 440. The van der Waals surface area contributed by atoms with Crippen molar-refractivity contribution in [1.82, 2.24) is 4.90 Å². The molecule has 110 valence electrons. The Balaban J connectivity index is 1.90. The van der Waals surface area contributed by atoms with Crippen LogP contribution in [0.15, 0.2) is 24.3 Å². The summed E-state index contributed by atoms with van der Waals surface area (Å²) in [7, 11) is 0. The topological polar surface area (TPSA) is 58.4 Å². The molecule has 20 heavy (non-hydrogen) atoms. The normalized spacial score (nSPS) is 16.8. The molecule has 3 N–H and O–H groups in total. The lowest BCUT2D eigenvalue weighted by atomic mass is 9.85. The number of nitrogen functional groups attached to an aromatic ring is 1. The van der Waals surface area contributed by atoms with Gasteiger partial charge in [0.25, 0.3) is 0 Å². The highest BCUT2D eigenvalue weighted by atomic mass is 16.2. The Morgan fingerprint density at radius 3 is 2.55 bits per heavy atom. The Morgan fingerprint density at radius 1 is 1.40 bits per heavy atom. The van der Waals surface area contributed by atoms with Crippen molar-refractivity contribution in [3.63, 3.8) is 0 Å². The standard InChI is InChI=1S/C16H25N3O/c1-3-19(11-13-5-4-6-13)12(2)16(20)18-15-9-7-14(17)8-10-15/h7-10,12-13H,3-6,11,17H2,1-2H3,(H,18,20). The molecule has 4 nitrogen and oxygen atoms in total. The molecule has 0 aliphatic heterocycles. The summed E-state index contributed by atoms with van der Waals surface area (Å²) in [6, 6.07) is 7.17. The van der Waals surface area contributed by atoms with Gasteiger partial charge in [0.15, 0.2) is 0 Å². The highest BCUT2D eigenvalue weighted by Gasteiger charge is 2.25. The van der Waals surface area contributed by atoms with Crippen molar-refractivity contribution in [2.45, 2.75) is 39.2 Å². The summed E-state index contributed by atoms with van der Waals surface area (Å²) in [5, 5.41) is 2.96. The number of hydrogen-bond acceptors (Lipinski definition) is 3. The van der Waals surface area contributed by atoms with Gasteiger partial charge < -0.3 is 11.1 Å². The molecule has 4 heteroatoms. The van der Waals surface area contributed by atoms with Crippen LogP contribution in [0.5, 0.6) is 0 Å². The summed E-state index contributed by atoms with van der Waals surface area (Å²) < 4.78 is 0. The Hall–Kier alpha value is -1.55. The minimum atomic E-state index is -0.0989. The van der Waals surface area contributed by atoms with E-state index in [0.29, 0.717) is 5.69 Å². The number of nitrogens with zero attached hydrogens (tertiary/aromatic N) is 1. The maximum absolute atomic E-state index is 12.3. The van der Waals surface area contributed by atoms with Crippen LogP contribution < -0.4 is 11.1 Å². The summed E-state index contributed by atoms with van der Waals surface area (Å²) in [6.45, 7) is 6.04. The molecule has 0 bridgehead atoms. The fourth-order valence-electron chi connectivity index (χ4n) is 2.55. The van der Waals surface area contributed by atoms with E-state index in [1.54, 1.807) is 12.1 Å². The zero-order valence-electron chi connectivity index (χ0n) is 12.4. The van der Waals surface area contributed by atoms with Crippen molar-refractivity contribution in [3.05, 3.63) is 24.3 Å². The number of benzene rings is 1. The van der Waals surface area contributed by atoms with Crippen molar-refractivity contribution in [2.75, 3.05) is 24.1 Å². The second-order valence-electron chi connectivity index (χ2n) is 5.67. The molecule has 1 fully saturated rings. The quantitative estimate of drug-likeness (QED) is 0.785. The van der Waals surface area contributed by atoms with E-state index in [2.05, 4.69) is 17.1 Å². The first-order valence-electron chi connectivity index (χ1n) is 7.50. The molecule has 1 unspecified atom stereocenters. The van der Waals surface area contributed by atoms with Crippen molar-refractivity contribution in [1.29, 1.82) is 0 Å². The second-order valence-corrected chi connectivity index (χ2v) is 5.67. The number of hydrogen-bond donors (Lipinski definition) is 2. The Kier molecular flexibility index (Phi) is 5.01. The minimum absolute atomic E-state index is 0.0518. The fourth-order valence-corrected chi connectivity index (χ4v) is 2.55. The van der Waals surface area contributed by atoms with E-state index in [-0.39, 0.29) is 11.9 Å². The molecular weight excluding hydrogens is 250 g/mol. The molecule has 0 saturated heterocycles. The third kappa shape index (κ3) is 3.73. The zero-order chi connectivity index (χ0) is 14.5.